The molecule has 0 aromatic heterocycles. The molecule has 17 heavy (non-hydrogen) atoms. The summed E-state index contributed by atoms with van der Waals surface area (Å²) < 4.78 is 4.92. The Morgan fingerprint density at radius 3 is 2.29 bits per heavy atom. The average molecular weight is 244 g/mol. The summed E-state index contributed by atoms with van der Waals surface area (Å²) in [4.78, 5) is 24.5. The van der Waals surface area contributed by atoms with E-state index in [0.717, 1.165) is 6.42 Å². The van der Waals surface area contributed by atoms with Crippen LogP contribution in [0.25, 0.3) is 0 Å². The van der Waals surface area contributed by atoms with Crippen molar-refractivity contribution >= 4 is 11.8 Å². The quantitative estimate of drug-likeness (QED) is 0.703. The summed E-state index contributed by atoms with van der Waals surface area (Å²) in [6, 6.07) is 0. The van der Waals surface area contributed by atoms with Crippen molar-refractivity contribution in [3.8, 4) is 0 Å². The van der Waals surface area contributed by atoms with Crippen LogP contribution in [0.5, 0.6) is 0 Å². The Kier molecular flexibility index (Phi) is 6.80. The lowest BCUT2D eigenvalue weighted by atomic mass is 10.1. The Morgan fingerprint density at radius 2 is 1.88 bits per heavy atom. The van der Waals surface area contributed by atoms with E-state index in [1.165, 1.54) is 11.8 Å². The number of hydrogen-bond donors (Lipinski definition) is 1. The summed E-state index contributed by atoms with van der Waals surface area (Å²) >= 11 is 0. The summed E-state index contributed by atoms with van der Waals surface area (Å²) in [5.74, 6) is -0.227. The molecule has 0 aromatic carbocycles. The Morgan fingerprint density at radius 1 is 1.29 bits per heavy atom. The highest BCUT2D eigenvalue weighted by molar-refractivity contribution is 5.84. The molecular formula is C12H24N2O3. The highest BCUT2D eigenvalue weighted by Gasteiger charge is 2.17. The van der Waals surface area contributed by atoms with E-state index in [1.54, 1.807) is 7.11 Å². The number of carbonyl (C=O) groups is 2. The highest BCUT2D eigenvalue weighted by atomic mass is 16.5. The average Bonchev–Trinajstić information content (AvgIpc) is 2.13. The topological polar surface area (TPSA) is 58.6 Å². The lowest BCUT2D eigenvalue weighted by molar-refractivity contribution is -0.135. The SMILES string of the molecule is COCCCN(CC(=O)NC(C)(C)C)C(C)=O. The fraction of sp³-hybridized carbons (Fsp3) is 0.833. The van der Waals surface area contributed by atoms with Crippen molar-refractivity contribution in [1.82, 2.24) is 10.2 Å². The van der Waals surface area contributed by atoms with Crippen LogP contribution in [-0.2, 0) is 14.3 Å². The minimum Gasteiger partial charge on any atom is -0.385 e. The maximum Gasteiger partial charge on any atom is 0.240 e. The second-order valence-corrected chi connectivity index (χ2v) is 5.09. The molecule has 0 aliphatic heterocycles. The van der Waals surface area contributed by atoms with E-state index < -0.39 is 0 Å². The van der Waals surface area contributed by atoms with Gasteiger partial charge < -0.3 is 15.0 Å². The van der Waals surface area contributed by atoms with E-state index in [9.17, 15) is 9.59 Å². The molecule has 0 bridgehead atoms. The van der Waals surface area contributed by atoms with Gasteiger partial charge in [-0.25, -0.2) is 0 Å². The predicted octanol–water partition coefficient (Wildman–Crippen LogP) is 0.786. The number of ether oxygens (including phenoxy) is 1. The molecule has 0 aliphatic rings. The van der Waals surface area contributed by atoms with Crippen LogP contribution in [0.1, 0.15) is 34.1 Å². The smallest absolute Gasteiger partial charge is 0.240 e. The minimum atomic E-state index is -0.272. The Labute approximate surface area is 103 Å². The Bertz CT molecular complexity index is 259. The standard InChI is InChI=1S/C12H24N2O3/c1-10(15)14(7-6-8-17-5)9-11(16)13-12(2,3)4/h6-9H2,1-5H3,(H,13,16). The first-order valence-corrected chi connectivity index (χ1v) is 5.81. The largest absolute Gasteiger partial charge is 0.385 e. The molecule has 1 N–H and O–H groups in total. The molecule has 5 nitrogen and oxygen atoms in total. The van der Waals surface area contributed by atoms with Gasteiger partial charge in [0.1, 0.15) is 0 Å². The van der Waals surface area contributed by atoms with Crippen molar-refractivity contribution in [3.05, 3.63) is 0 Å². The van der Waals surface area contributed by atoms with Gasteiger partial charge in [-0.3, -0.25) is 9.59 Å². The van der Waals surface area contributed by atoms with Gasteiger partial charge in [-0.2, -0.15) is 0 Å². The second-order valence-electron chi connectivity index (χ2n) is 5.09. The van der Waals surface area contributed by atoms with Gasteiger partial charge in [0, 0.05) is 32.7 Å². The number of rotatable bonds is 6. The van der Waals surface area contributed by atoms with Crippen molar-refractivity contribution in [2.24, 2.45) is 0 Å². The molecule has 100 valence electrons. The minimum absolute atomic E-state index is 0.0924. The van der Waals surface area contributed by atoms with E-state index >= 15 is 0 Å². The molecule has 2 amide bonds. The molecule has 0 radical (unpaired) electrons. The van der Waals surface area contributed by atoms with E-state index in [-0.39, 0.29) is 23.9 Å². The predicted molar refractivity (Wildman–Crippen MR) is 66.6 cm³/mol. The third kappa shape index (κ3) is 8.68. The summed E-state index contributed by atoms with van der Waals surface area (Å²) in [6.45, 7) is 8.44. The van der Waals surface area contributed by atoms with Crippen LogP contribution < -0.4 is 5.32 Å². The van der Waals surface area contributed by atoms with Gasteiger partial charge in [-0.15, -0.1) is 0 Å². The maximum atomic E-state index is 11.7. The van der Waals surface area contributed by atoms with Crippen molar-refractivity contribution in [3.63, 3.8) is 0 Å². The third-order valence-electron chi connectivity index (χ3n) is 2.07. The van der Waals surface area contributed by atoms with Crippen LogP contribution in [0.3, 0.4) is 0 Å². The first-order chi connectivity index (χ1) is 7.76. The maximum absolute atomic E-state index is 11.7. The van der Waals surface area contributed by atoms with E-state index in [0.29, 0.717) is 13.2 Å². The van der Waals surface area contributed by atoms with Gasteiger partial charge >= 0.3 is 0 Å². The van der Waals surface area contributed by atoms with Crippen molar-refractivity contribution in [2.75, 3.05) is 26.8 Å². The molecule has 0 fully saturated rings. The molecule has 0 rings (SSSR count). The number of methoxy groups -OCH3 is 1. The van der Waals surface area contributed by atoms with Crippen LogP contribution in [0.2, 0.25) is 0 Å². The van der Waals surface area contributed by atoms with Gasteiger partial charge in [0.15, 0.2) is 0 Å². The molecule has 0 atom stereocenters. The Hall–Kier alpha value is -1.10. The lowest BCUT2D eigenvalue weighted by Crippen LogP contribution is -2.47. The molecule has 0 spiro atoms. The molecule has 0 aromatic rings. The second kappa shape index (κ2) is 7.27. The van der Waals surface area contributed by atoms with Crippen molar-refractivity contribution < 1.29 is 14.3 Å². The first kappa shape index (κ1) is 15.9. The van der Waals surface area contributed by atoms with E-state index in [1.807, 2.05) is 20.8 Å². The number of carbonyl (C=O) groups excluding carboxylic acids is 2. The van der Waals surface area contributed by atoms with E-state index in [2.05, 4.69) is 5.32 Å². The molecule has 5 heteroatoms. The van der Waals surface area contributed by atoms with Gasteiger partial charge in [-0.1, -0.05) is 0 Å². The fourth-order valence-electron chi connectivity index (χ4n) is 1.38. The van der Waals surface area contributed by atoms with Gasteiger partial charge in [-0.05, 0) is 27.2 Å². The summed E-state index contributed by atoms with van der Waals surface area (Å²) in [7, 11) is 1.62. The van der Waals surface area contributed by atoms with Gasteiger partial charge in [0.2, 0.25) is 11.8 Å². The molecular weight excluding hydrogens is 220 g/mol. The molecule has 0 saturated carbocycles. The highest BCUT2D eigenvalue weighted by Crippen LogP contribution is 2.00. The van der Waals surface area contributed by atoms with Crippen LogP contribution in [0.15, 0.2) is 0 Å². The summed E-state index contributed by atoms with van der Waals surface area (Å²) in [5.41, 5.74) is -0.272. The van der Waals surface area contributed by atoms with E-state index in [4.69, 9.17) is 4.74 Å². The van der Waals surface area contributed by atoms with Crippen LogP contribution in [0, 0.1) is 0 Å². The van der Waals surface area contributed by atoms with Crippen molar-refractivity contribution in [2.45, 2.75) is 39.7 Å². The molecule has 0 aliphatic carbocycles. The van der Waals surface area contributed by atoms with Crippen LogP contribution in [0.4, 0.5) is 0 Å². The zero-order chi connectivity index (χ0) is 13.5. The Balaban J connectivity index is 4.16. The zero-order valence-corrected chi connectivity index (χ0v) is 11.5. The molecule has 0 unspecified atom stereocenters. The number of amides is 2. The number of hydrogen-bond acceptors (Lipinski definition) is 3. The van der Waals surface area contributed by atoms with Gasteiger partial charge in [0.25, 0.3) is 0 Å². The first-order valence-electron chi connectivity index (χ1n) is 5.81. The normalized spacial score (nSPS) is 11.1. The summed E-state index contributed by atoms with van der Waals surface area (Å²) in [6.07, 6.45) is 0.735. The summed E-state index contributed by atoms with van der Waals surface area (Å²) in [5, 5.41) is 2.83. The van der Waals surface area contributed by atoms with Crippen LogP contribution in [-0.4, -0.2) is 49.1 Å². The van der Waals surface area contributed by atoms with Crippen molar-refractivity contribution in [1.29, 1.82) is 0 Å². The monoisotopic (exact) mass is 244 g/mol. The number of nitrogens with one attached hydrogen (secondary N) is 1. The van der Waals surface area contributed by atoms with Gasteiger partial charge in [0.05, 0.1) is 6.54 Å². The zero-order valence-electron chi connectivity index (χ0n) is 11.5. The molecule has 0 heterocycles. The number of nitrogens with zero attached hydrogens (tertiary/aromatic N) is 1. The van der Waals surface area contributed by atoms with Crippen LogP contribution >= 0.6 is 0 Å². The molecule has 0 saturated heterocycles. The fourth-order valence-corrected chi connectivity index (χ4v) is 1.38. The lowest BCUT2D eigenvalue weighted by Gasteiger charge is -2.25. The third-order valence-corrected chi connectivity index (χ3v) is 2.07.